The van der Waals surface area contributed by atoms with E-state index in [1.54, 1.807) is 25.7 Å². The molecule has 0 saturated heterocycles. The Balaban J connectivity index is 0.000000396. The Hall–Kier alpha value is 0. The molecular weight excluding hydrogens is 156 g/mol. The number of hydrogen-bond donors (Lipinski definition) is 0. The molecule has 0 aromatic rings. The van der Waals surface area contributed by atoms with Gasteiger partial charge in [-0.15, -0.1) is 0 Å². The van der Waals surface area contributed by atoms with Crippen LogP contribution in [0.3, 0.4) is 0 Å². The summed E-state index contributed by atoms with van der Waals surface area (Å²) in [4.78, 5) is 0. The second-order valence-electron chi connectivity index (χ2n) is 4.72. The summed E-state index contributed by atoms with van der Waals surface area (Å²) >= 11 is 0. The van der Waals surface area contributed by atoms with Gasteiger partial charge in [0.2, 0.25) is 0 Å². The van der Waals surface area contributed by atoms with Crippen LogP contribution < -0.4 is 0 Å². The van der Waals surface area contributed by atoms with Crippen molar-refractivity contribution in [3.8, 4) is 0 Å². The van der Waals surface area contributed by atoms with Gasteiger partial charge in [0.05, 0.1) is 0 Å². The van der Waals surface area contributed by atoms with Crippen LogP contribution in [0.25, 0.3) is 0 Å². The van der Waals surface area contributed by atoms with Crippen LogP contribution in [0.5, 0.6) is 0 Å². The number of hydrogen-bond acceptors (Lipinski definition) is 0. The van der Waals surface area contributed by atoms with E-state index in [0.29, 0.717) is 0 Å². The minimum atomic E-state index is 0.874. The summed E-state index contributed by atoms with van der Waals surface area (Å²) in [6.45, 7) is 6.36. The summed E-state index contributed by atoms with van der Waals surface area (Å²) in [5.41, 5.74) is 0.874. The van der Waals surface area contributed by atoms with Crippen LogP contribution in [0.15, 0.2) is 0 Å². The van der Waals surface area contributed by atoms with E-state index in [0.717, 1.165) is 11.3 Å². The largest absolute Gasteiger partial charge is 0.0683 e. The Kier molecular flexibility index (Phi) is 4.28. The molecule has 2 rings (SSSR count). The standard InChI is InChI=1S/C11H20.C2H6/c1-2-10-5-3-6-11(9-10)7-4-8-11;1-2/h10H,2-9H2,1H3;1-2H3. The lowest BCUT2D eigenvalue weighted by Crippen LogP contribution is -2.34. The summed E-state index contributed by atoms with van der Waals surface area (Å²) in [6, 6.07) is 0. The van der Waals surface area contributed by atoms with Crippen molar-refractivity contribution >= 4 is 0 Å². The molecule has 2 saturated carbocycles. The third kappa shape index (κ3) is 2.48. The highest BCUT2D eigenvalue weighted by molar-refractivity contribution is 4.92. The normalized spacial score (nSPS) is 30.2. The van der Waals surface area contributed by atoms with Gasteiger partial charge in [0.25, 0.3) is 0 Å². The van der Waals surface area contributed by atoms with E-state index >= 15 is 0 Å². The lowest BCUT2D eigenvalue weighted by Gasteiger charge is -2.47. The van der Waals surface area contributed by atoms with Crippen molar-refractivity contribution in [1.29, 1.82) is 0 Å². The maximum atomic E-state index is 2.36. The molecule has 13 heavy (non-hydrogen) atoms. The predicted molar refractivity (Wildman–Crippen MR) is 59.9 cm³/mol. The van der Waals surface area contributed by atoms with Crippen molar-refractivity contribution < 1.29 is 0 Å². The molecule has 0 N–H and O–H groups in total. The highest BCUT2D eigenvalue weighted by atomic mass is 14.4. The summed E-state index contributed by atoms with van der Waals surface area (Å²) in [5.74, 6) is 1.09. The van der Waals surface area contributed by atoms with Crippen molar-refractivity contribution in [2.75, 3.05) is 0 Å². The monoisotopic (exact) mass is 182 g/mol. The molecule has 1 spiro atoms. The van der Waals surface area contributed by atoms with Crippen LogP contribution in [-0.2, 0) is 0 Å². The molecule has 1 unspecified atom stereocenters. The first kappa shape index (κ1) is 11.1. The fourth-order valence-corrected chi connectivity index (χ4v) is 3.06. The van der Waals surface area contributed by atoms with Crippen molar-refractivity contribution in [2.24, 2.45) is 11.3 Å². The zero-order chi connectivity index (χ0) is 9.73. The third-order valence-corrected chi connectivity index (χ3v) is 4.03. The molecule has 0 amide bonds. The highest BCUT2D eigenvalue weighted by Gasteiger charge is 2.40. The summed E-state index contributed by atoms with van der Waals surface area (Å²) in [6.07, 6.45) is 12.3. The second kappa shape index (κ2) is 5.02. The van der Waals surface area contributed by atoms with Gasteiger partial charge in [-0.05, 0) is 37.0 Å². The zero-order valence-electron chi connectivity index (χ0n) is 9.73. The van der Waals surface area contributed by atoms with Crippen LogP contribution in [0, 0.1) is 11.3 Å². The fraction of sp³-hybridized carbons (Fsp3) is 1.00. The van der Waals surface area contributed by atoms with Crippen LogP contribution in [0.2, 0.25) is 0 Å². The Morgan fingerprint density at radius 1 is 1.08 bits per heavy atom. The van der Waals surface area contributed by atoms with Crippen molar-refractivity contribution in [3.05, 3.63) is 0 Å². The van der Waals surface area contributed by atoms with Gasteiger partial charge in [-0.3, -0.25) is 0 Å². The molecule has 0 heterocycles. The topological polar surface area (TPSA) is 0 Å². The summed E-state index contributed by atoms with van der Waals surface area (Å²) in [5, 5.41) is 0. The van der Waals surface area contributed by atoms with Gasteiger partial charge >= 0.3 is 0 Å². The minimum Gasteiger partial charge on any atom is -0.0683 e. The molecular formula is C13H26. The zero-order valence-corrected chi connectivity index (χ0v) is 9.73. The van der Waals surface area contributed by atoms with E-state index in [2.05, 4.69) is 6.92 Å². The van der Waals surface area contributed by atoms with E-state index < -0.39 is 0 Å². The second-order valence-corrected chi connectivity index (χ2v) is 4.72. The highest BCUT2D eigenvalue weighted by Crippen LogP contribution is 2.53. The quantitative estimate of drug-likeness (QED) is 0.547. The summed E-state index contributed by atoms with van der Waals surface area (Å²) in [7, 11) is 0. The van der Waals surface area contributed by atoms with Gasteiger partial charge in [0, 0.05) is 0 Å². The first-order chi connectivity index (χ1) is 6.35. The maximum absolute atomic E-state index is 2.36. The third-order valence-electron chi connectivity index (χ3n) is 4.03. The Labute approximate surface area is 84.1 Å². The predicted octanol–water partition coefficient (Wildman–Crippen LogP) is 4.78. The van der Waals surface area contributed by atoms with Gasteiger partial charge < -0.3 is 0 Å². The molecule has 0 bridgehead atoms. The van der Waals surface area contributed by atoms with Crippen LogP contribution in [0.1, 0.15) is 72.1 Å². The molecule has 0 aromatic carbocycles. The van der Waals surface area contributed by atoms with Gasteiger partial charge in [0.1, 0.15) is 0 Å². The Morgan fingerprint density at radius 2 is 1.69 bits per heavy atom. The Morgan fingerprint density at radius 3 is 2.15 bits per heavy atom. The molecule has 2 fully saturated rings. The molecule has 0 heteroatoms. The Bertz CT molecular complexity index is 133. The SMILES string of the molecule is CC.CCC1CCCC2(CCC2)C1. The van der Waals surface area contributed by atoms with E-state index in [1.807, 2.05) is 13.8 Å². The molecule has 0 aromatic heterocycles. The summed E-state index contributed by atoms with van der Waals surface area (Å²) < 4.78 is 0. The molecule has 2 aliphatic carbocycles. The van der Waals surface area contributed by atoms with Crippen LogP contribution in [-0.4, -0.2) is 0 Å². The molecule has 0 radical (unpaired) electrons. The van der Waals surface area contributed by atoms with Crippen molar-refractivity contribution in [1.82, 2.24) is 0 Å². The molecule has 78 valence electrons. The molecule has 0 aliphatic heterocycles. The smallest absolute Gasteiger partial charge is 0.0295 e. The van der Waals surface area contributed by atoms with Crippen LogP contribution >= 0.6 is 0 Å². The maximum Gasteiger partial charge on any atom is -0.0295 e. The van der Waals surface area contributed by atoms with E-state index in [-0.39, 0.29) is 0 Å². The van der Waals surface area contributed by atoms with Gasteiger partial charge in [-0.2, -0.15) is 0 Å². The molecule has 2 aliphatic rings. The first-order valence-corrected chi connectivity index (χ1v) is 6.35. The van der Waals surface area contributed by atoms with E-state index in [4.69, 9.17) is 0 Å². The molecule has 0 nitrogen and oxygen atoms in total. The average Bonchev–Trinajstić information content (AvgIpc) is 2.19. The van der Waals surface area contributed by atoms with Gasteiger partial charge in [0.15, 0.2) is 0 Å². The van der Waals surface area contributed by atoms with Crippen molar-refractivity contribution in [2.45, 2.75) is 72.1 Å². The minimum absolute atomic E-state index is 0.874. The van der Waals surface area contributed by atoms with E-state index in [1.165, 1.54) is 25.7 Å². The number of rotatable bonds is 1. The fourth-order valence-electron chi connectivity index (χ4n) is 3.06. The van der Waals surface area contributed by atoms with Gasteiger partial charge in [-0.1, -0.05) is 46.5 Å². The molecule has 1 atom stereocenters. The van der Waals surface area contributed by atoms with Crippen LogP contribution in [0.4, 0.5) is 0 Å². The van der Waals surface area contributed by atoms with Crippen molar-refractivity contribution in [3.63, 3.8) is 0 Å². The van der Waals surface area contributed by atoms with E-state index in [9.17, 15) is 0 Å². The lowest BCUT2D eigenvalue weighted by atomic mass is 9.58. The first-order valence-electron chi connectivity index (χ1n) is 6.35. The lowest BCUT2D eigenvalue weighted by molar-refractivity contribution is 0.0454. The van der Waals surface area contributed by atoms with Gasteiger partial charge in [-0.25, -0.2) is 0 Å². The average molecular weight is 182 g/mol.